The standard InChI is InChI=1S/C19H16ClF5N4OS/c1-9-4-10(20)7-27-15(9)16(31)28-11-2-3-13(22)12(5-11)18(8-21)6-14(19(23,24)25)29-17(26)30-18/h2-5,7,14H,6,8H2,1H3,(H2,26,29)(H,28,31)/t14-,18+/m0/s1. The number of thiocarbonyl (C=S) groups is 1. The van der Waals surface area contributed by atoms with Crippen LogP contribution < -0.4 is 11.1 Å². The number of hydrogen-bond donors (Lipinski definition) is 2. The maximum atomic E-state index is 14.6. The molecule has 0 aliphatic carbocycles. The first kappa shape index (κ1) is 23.1. The van der Waals surface area contributed by atoms with Crippen LogP contribution in [-0.2, 0) is 10.3 Å². The van der Waals surface area contributed by atoms with E-state index in [1.807, 2.05) is 0 Å². The Labute approximate surface area is 184 Å². The summed E-state index contributed by atoms with van der Waals surface area (Å²) in [6, 6.07) is 1.81. The van der Waals surface area contributed by atoms with Crippen LogP contribution in [-0.4, -0.2) is 34.9 Å². The summed E-state index contributed by atoms with van der Waals surface area (Å²) in [7, 11) is 0. The molecule has 3 N–H and O–H groups in total. The molecule has 5 nitrogen and oxygen atoms in total. The number of aryl methyl sites for hydroxylation is 1. The lowest BCUT2D eigenvalue weighted by molar-refractivity contribution is -0.167. The van der Waals surface area contributed by atoms with Crippen molar-refractivity contribution in [3.8, 4) is 0 Å². The molecule has 3 rings (SSSR count). The summed E-state index contributed by atoms with van der Waals surface area (Å²) in [4.78, 5) is 7.46. The molecular formula is C19H16ClF5N4OS. The van der Waals surface area contributed by atoms with Crippen molar-refractivity contribution in [1.82, 2.24) is 4.98 Å². The highest BCUT2D eigenvalue weighted by atomic mass is 35.5. The molecule has 31 heavy (non-hydrogen) atoms. The van der Waals surface area contributed by atoms with Crippen molar-refractivity contribution in [3.05, 3.63) is 58.1 Å². The van der Waals surface area contributed by atoms with Gasteiger partial charge in [0, 0.05) is 23.9 Å². The Morgan fingerprint density at radius 3 is 2.71 bits per heavy atom. The van der Waals surface area contributed by atoms with Gasteiger partial charge in [-0.2, -0.15) is 13.2 Å². The quantitative estimate of drug-likeness (QED) is 0.488. The van der Waals surface area contributed by atoms with E-state index in [1.165, 1.54) is 12.3 Å². The van der Waals surface area contributed by atoms with Gasteiger partial charge in [-0.3, -0.25) is 4.98 Å². The first-order valence-corrected chi connectivity index (χ1v) is 9.62. The Bertz CT molecular complexity index is 1050. The minimum Gasteiger partial charge on any atom is -0.451 e. The van der Waals surface area contributed by atoms with E-state index >= 15 is 0 Å². The van der Waals surface area contributed by atoms with Gasteiger partial charge in [-0.15, -0.1) is 0 Å². The lowest BCUT2D eigenvalue weighted by Crippen LogP contribution is -2.48. The highest BCUT2D eigenvalue weighted by Gasteiger charge is 2.52. The smallest absolute Gasteiger partial charge is 0.411 e. The number of rotatable bonds is 4. The number of aromatic nitrogens is 1. The zero-order valence-corrected chi connectivity index (χ0v) is 17.5. The van der Waals surface area contributed by atoms with E-state index in [0.29, 0.717) is 16.3 Å². The molecule has 1 aliphatic heterocycles. The molecule has 0 saturated carbocycles. The van der Waals surface area contributed by atoms with Crippen molar-refractivity contribution in [1.29, 1.82) is 0 Å². The van der Waals surface area contributed by atoms with Crippen molar-refractivity contribution < 1.29 is 26.7 Å². The summed E-state index contributed by atoms with van der Waals surface area (Å²) < 4.78 is 73.5. The Hall–Kier alpha value is -2.53. The number of ether oxygens (including phenoxy) is 1. The van der Waals surface area contributed by atoms with Gasteiger partial charge in [0.1, 0.15) is 23.2 Å². The van der Waals surface area contributed by atoms with Crippen LogP contribution in [0.4, 0.5) is 27.6 Å². The molecule has 1 aromatic heterocycles. The molecule has 0 saturated heterocycles. The molecule has 0 unspecified atom stereocenters. The first-order chi connectivity index (χ1) is 14.4. The number of hydrogen-bond acceptors (Lipinski definition) is 5. The Morgan fingerprint density at radius 2 is 2.10 bits per heavy atom. The van der Waals surface area contributed by atoms with E-state index in [4.69, 9.17) is 34.3 Å². The number of benzene rings is 1. The summed E-state index contributed by atoms with van der Waals surface area (Å²) in [6.45, 7) is 0.268. The van der Waals surface area contributed by atoms with Gasteiger partial charge in [-0.1, -0.05) is 23.8 Å². The predicted molar refractivity (Wildman–Crippen MR) is 111 cm³/mol. The van der Waals surface area contributed by atoms with Crippen LogP contribution in [0.15, 0.2) is 35.5 Å². The van der Waals surface area contributed by atoms with Crippen LogP contribution in [0.25, 0.3) is 0 Å². The normalized spacial score (nSPS) is 21.3. The summed E-state index contributed by atoms with van der Waals surface area (Å²) in [5.74, 6) is -0.967. The van der Waals surface area contributed by atoms with E-state index in [0.717, 1.165) is 12.1 Å². The van der Waals surface area contributed by atoms with Gasteiger partial charge in [0.25, 0.3) is 6.02 Å². The minimum atomic E-state index is -4.81. The molecule has 166 valence electrons. The fraction of sp³-hybridized carbons (Fsp3) is 0.316. The second-order valence-electron chi connectivity index (χ2n) is 6.93. The number of alkyl halides is 4. The molecule has 0 bridgehead atoms. The van der Waals surface area contributed by atoms with Gasteiger partial charge in [0.15, 0.2) is 11.6 Å². The van der Waals surface area contributed by atoms with Crippen molar-refractivity contribution in [2.75, 3.05) is 12.0 Å². The van der Waals surface area contributed by atoms with Crippen LogP contribution in [0.2, 0.25) is 5.02 Å². The average Bonchev–Trinajstić information content (AvgIpc) is 2.68. The van der Waals surface area contributed by atoms with Crippen LogP contribution >= 0.6 is 23.8 Å². The summed E-state index contributed by atoms with van der Waals surface area (Å²) in [5, 5.41) is 3.22. The lowest BCUT2D eigenvalue weighted by atomic mass is 9.86. The fourth-order valence-electron chi connectivity index (χ4n) is 3.21. The average molecular weight is 479 g/mol. The molecule has 1 aromatic carbocycles. The predicted octanol–water partition coefficient (Wildman–Crippen LogP) is 4.80. The van der Waals surface area contributed by atoms with Crippen LogP contribution in [0.1, 0.15) is 23.2 Å². The second-order valence-corrected chi connectivity index (χ2v) is 7.77. The van der Waals surface area contributed by atoms with Gasteiger partial charge in [0.2, 0.25) is 0 Å². The molecule has 12 heteroatoms. The molecule has 0 fully saturated rings. The van der Waals surface area contributed by atoms with Crippen molar-refractivity contribution in [2.45, 2.75) is 31.2 Å². The summed E-state index contributed by atoms with van der Waals surface area (Å²) >= 11 is 11.2. The zero-order chi connectivity index (χ0) is 23.0. The first-order valence-electron chi connectivity index (χ1n) is 8.83. The van der Waals surface area contributed by atoms with E-state index in [9.17, 15) is 22.0 Å². The number of aliphatic imine (C=N–C) groups is 1. The third-order valence-electron chi connectivity index (χ3n) is 4.67. The van der Waals surface area contributed by atoms with E-state index in [1.54, 1.807) is 13.0 Å². The van der Waals surface area contributed by atoms with Crippen LogP contribution in [0.3, 0.4) is 0 Å². The third-order valence-corrected chi connectivity index (χ3v) is 5.18. The molecule has 2 aromatic rings. The number of nitrogens with zero attached hydrogens (tertiary/aromatic N) is 2. The maximum Gasteiger partial charge on any atom is 0.411 e. The van der Waals surface area contributed by atoms with Crippen LogP contribution in [0.5, 0.6) is 0 Å². The minimum absolute atomic E-state index is 0.153. The number of nitrogens with two attached hydrogens (primary N) is 1. The number of nitrogens with one attached hydrogen (secondary N) is 1. The summed E-state index contributed by atoms with van der Waals surface area (Å²) in [6.07, 6.45) is -4.39. The van der Waals surface area contributed by atoms with Gasteiger partial charge in [-0.05, 0) is 36.8 Å². The monoisotopic (exact) mass is 478 g/mol. The number of anilines is 1. The highest BCUT2D eigenvalue weighted by Crippen LogP contribution is 2.42. The highest BCUT2D eigenvalue weighted by molar-refractivity contribution is 7.81. The Kier molecular flexibility index (Phi) is 6.38. The SMILES string of the molecule is Cc1cc(Cl)cnc1C(=S)Nc1ccc(F)c([C@]2(CF)C[C@@H](C(F)(F)F)N=C(N)O2)c1. The van der Waals surface area contributed by atoms with E-state index in [-0.39, 0.29) is 10.7 Å². The molecule has 1 aliphatic rings. The second kappa shape index (κ2) is 8.54. The molecule has 2 heterocycles. The Morgan fingerprint density at radius 1 is 1.39 bits per heavy atom. The van der Waals surface area contributed by atoms with Gasteiger partial charge < -0.3 is 15.8 Å². The van der Waals surface area contributed by atoms with Crippen molar-refractivity contribution >= 4 is 40.5 Å². The molecule has 0 amide bonds. The molecule has 0 spiro atoms. The number of pyridine rings is 1. The van der Waals surface area contributed by atoms with E-state index < -0.39 is 48.3 Å². The van der Waals surface area contributed by atoms with Gasteiger partial charge in [-0.25, -0.2) is 13.8 Å². The van der Waals surface area contributed by atoms with Gasteiger partial charge >= 0.3 is 6.18 Å². The third kappa shape index (κ3) is 4.87. The fourth-order valence-corrected chi connectivity index (χ4v) is 3.75. The van der Waals surface area contributed by atoms with E-state index in [2.05, 4.69) is 15.3 Å². The molecule has 0 radical (unpaired) electrons. The van der Waals surface area contributed by atoms with Crippen molar-refractivity contribution in [3.63, 3.8) is 0 Å². The number of halogens is 6. The maximum absolute atomic E-state index is 14.6. The van der Waals surface area contributed by atoms with Gasteiger partial charge in [0.05, 0.1) is 5.02 Å². The van der Waals surface area contributed by atoms with Crippen molar-refractivity contribution in [2.24, 2.45) is 10.7 Å². The summed E-state index contributed by atoms with van der Waals surface area (Å²) in [5.41, 5.74) is 3.87. The molecular weight excluding hydrogens is 463 g/mol. The number of amidine groups is 1. The topological polar surface area (TPSA) is 72.5 Å². The lowest BCUT2D eigenvalue weighted by Gasteiger charge is -2.38. The van der Waals surface area contributed by atoms with Crippen LogP contribution in [0, 0.1) is 12.7 Å². The largest absolute Gasteiger partial charge is 0.451 e. The molecule has 2 atom stereocenters. The Balaban J connectivity index is 1.96. The zero-order valence-electron chi connectivity index (χ0n) is 15.9.